The number of carbonyl (C=O) groups excluding carboxylic acids is 1. The quantitative estimate of drug-likeness (QED) is 0.685. The average Bonchev–Trinajstić information content (AvgIpc) is 2.39. The fourth-order valence-electron chi connectivity index (χ4n) is 1.01. The van der Waals surface area contributed by atoms with Crippen molar-refractivity contribution in [1.82, 2.24) is 0 Å². The summed E-state index contributed by atoms with van der Waals surface area (Å²) in [5, 5.41) is 8.68. The molecule has 1 aliphatic heterocycles. The van der Waals surface area contributed by atoms with Crippen molar-refractivity contribution in [3.63, 3.8) is 0 Å². The van der Waals surface area contributed by atoms with Gasteiger partial charge in [-0.1, -0.05) is 0 Å². The second kappa shape index (κ2) is 4.05. The predicted molar refractivity (Wildman–Crippen MR) is 53.3 cm³/mol. The van der Waals surface area contributed by atoms with Gasteiger partial charge in [0, 0.05) is 0 Å². The highest BCUT2D eigenvalue weighted by Gasteiger charge is 2.36. The van der Waals surface area contributed by atoms with Crippen molar-refractivity contribution < 1.29 is 27.9 Å². The van der Waals surface area contributed by atoms with E-state index >= 15 is 0 Å². The normalized spacial score (nSPS) is 17.9. The largest absolute Gasteiger partial charge is 0.478 e. The van der Waals surface area contributed by atoms with Crippen molar-refractivity contribution in [3.8, 4) is 0 Å². The number of esters is 1. The molecule has 1 N–H and O–H groups in total. The van der Waals surface area contributed by atoms with Crippen LogP contribution in [0.2, 0.25) is 0 Å². The van der Waals surface area contributed by atoms with Gasteiger partial charge in [0.15, 0.2) is 4.91 Å². The van der Waals surface area contributed by atoms with Crippen LogP contribution in [0.15, 0.2) is 14.9 Å². The molecule has 8 heteroatoms. The minimum Gasteiger partial charge on any atom is -0.478 e. The number of aliphatic carboxylic acids is 1. The molecule has 0 bridgehead atoms. The number of sulfonamides is 1. The van der Waals surface area contributed by atoms with Crippen LogP contribution >= 0.6 is 0 Å². The van der Waals surface area contributed by atoms with Crippen LogP contribution in [0, 0.1) is 0 Å². The van der Waals surface area contributed by atoms with E-state index in [1.54, 1.807) is 0 Å². The molecule has 0 saturated carbocycles. The van der Waals surface area contributed by atoms with E-state index < -0.39 is 38.5 Å². The molecule has 0 aromatic carbocycles. The van der Waals surface area contributed by atoms with Crippen LogP contribution in [0.3, 0.4) is 0 Å². The Morgan fingerprint density at radius 1 is 1.44 bits per heavy atom. The lowest BCUT2D eigenvalue weighted by Gasteiger charge is -2.07. The molecule has 0 atom stereocenters. The molecule has 0 aliphatic carbocycles. The zero-order valence-corrected chi connectivity index (χ0v) is 9.32. The number of ether oxygens (including phenoxy) is 1. The number of carbonyl (C=O) groups is 2. The molecule has 0 spiro atoms. The van der Waals surface area contributed by atoms with E-state index in [4.69, 9.17) is 5.11 Å². The number of nitrogens with zero attached hydrogens (tertiary/aromatic N) is 1. The van der Waals surface area contributed by atoms with E-state index in [0.29, 0.717) is 6.21 Å². The highest BCUT2D eigenvalue weighted by Crippen LogP contribution is 2.22. The maximum atomic E-state index is 11.4. The predicted octanol–water partition coefficient (Wildman–Crippen LogP) is -0.309. The average molecular weight is 247 g/mol. The lowest BCUT2D eigenvalue weighted by molar-refractivity contribution is -0.142. The van der Waals surface area contributed by atoms with Crippen LogP contribution in [0.25, 0.3) is 0 Å². The SMILES string of the molecule is CC(C)OC(=O)C1=C(C(=O)O)C=NS1(=O)=O. The molecule has 0 radical (unpaired) electrons. The van der Waals surface area contributed by atoms with E-state index in [2.05, 4.69) is 9.13 Å². The summed E-state index contributed by atoms with van der Waals surface area (Å²) in [6.45, 7) is 3.03. The molecular formula is C8H9NO6S. The van der Waals surface area contributed by atoms with Gasteiger partial charge in [0.05, 0.1) is 12.3 Å². The third-order valence-electron chi connectivity index (χ3n) is 1.58. The van der Waals surface area contributed by atoms with Gasteiger partial charge < -0.3 is 9.84 Å². The minimum atomic E-state index is -4.23. The van der Waals surface area contributed by atoms with Crippen LogP contribution in [-0.4, -0.2) is 37.8 Å². The Morgan fingerprint density at radius 3 is 2.44 bits per heavy atom. The van der Waals surface area contributed by atoms with Gasteiger partial charge in [-0.05, 0) is 13.8 Å². The third kappa shape index (κ3) is 2.27. The second-order valence-electron chi connectivity index (χ2n) is 3.21. The zero-order valence-electron chi connectivity index (χ0n) is 8.50. The number of carboxylic acid groups (broad SMARTS) is 1. The molecule has 16 heavy (non-hydrogen) atoms. The lowest BCUT2D eigenvalue weighted by Crippen LogP contribution is -2.19. The summed E-state index contributed by atoms with van der Waals surface area (Å²) in [4.78, 5) is 21.1. The van der Waals surface area contributed by atoms with Gasteiger partial charge in [-0.15, -0.1) is 0 Å². The number of carboxylic acids is 1. The Bertz CT molecular complexity index is 499. The van der Waals surface area contributed by atoms with Gasteiger partial charge >= 0.3 is 11.9 Å². The van der Waals surface area contributed by atoms with Gasteiger partial charge in [-0.2, -0.15) is 12.8 Å². The maximum absolute atomic E-state index is 11.4. The Balaban J connectivity index is 3.22. The minimum absolute atomic E-state index is 0.550. The molecule has 1 heterocycles. The topological polar surface area (TPSA) is 110 Å². The Hall–Kier alpha value is -1.70. The summed E-state index contributed by atoms with van der Waals surface area (Å²) in [5.74, 6) is -2.74. The number of rotatable bonds is 3. The zero-order chi connectivity index (χ0) is 12.5. The van der Waals surface area contributed by atoms with Crippen molar-refractivity contribution in [2.24, 2.45) is 4.40 Å². The first-order valence-corrected chi connectivity index (χ1v) is 5.68. The van der Waals surface area contributed by atoms with Crippen molar-refractivity contribution in [2.45, 2.75) is 20.0 Å². The summed E-state index contributed by atoms with van der Waals surface area (Å²) in [7, 11) is -4.23. The van der Waals surface area contributed by atoms with Gasteiger partial charge in [0.25, 0.3) is 10.0 Å². The first kappa shape index (κ1) is 12.4. The van der Waals surface area contributed by atoms with E-state index in [1.807, 2.05) is 0 Å². The van der Waals surface area contributed by atoms with Crippen molar-refractivity contribution in [1.29, 1.82) is 0 Å². The molecule has 0 amide bonds. The van der Waals surface area contributed by atoms with Crippen molar-refractivity contribution >= 4 is 28.2 Å². The van der Waals surface area contributed by atoms with Crippen molar-refractivity contribution in [3.05, 3.63) is 10.5 Å². The summed E-state index contributed by atoms with van der Waals surface area (Å²) < 4.78 is 30.2. The molecule has 1 aliphatic rings. The fourth-order valence-corrected chi connectivity index (χ4v) is 2.03. The molecule has 88 valence electrons. The summed E-state index contributed by atoms with van der Waals surface area (Å²) in [6.07, 6.45) is 0.0695. The molecule has 0 fully saturated rings. The van der Waals surface area contributed by atoms with Crippen molar-refractivity contribution in [2.75, 3.05) is 0 Å². The highest BCUT2D eigenvalue weighted by atomic mass is 32.2. The standard InChI is InChI=1S/C8H9NO6S/c1-4(2)15-8(12)6-5(7(10)11)3-9-16(6,13)14/h3-4H,1-2H3,(H,10,11). The molecule has 7 nitrogen and oxygen atoms in total. The molecule has 0 aromatic heterocycles. The van der Waals surface area contributed by atoms with Gasteiger partial charge in [0.2, 0.25) is 0 Å². The summed E-state index contributed by atoms with van der Waals surface area (Å²) in [6, 6.07) is 0. The molecule has 0 unspecified atom stereocenters. The molecular weight excluding hydrogens is 238 g/mol. The van der Waals surface area contributed by atoms with Gasteiger partial charge in [-0.25, -0.2) is 9.59 Å². The van der Waals surface area contributed by atoms with Crippen LogP contribution in [0.4, 0.5) is 0 Å². The number of hydrogen-bond acceptors (Lipinski definition) is 5. The number of hydrogen-bond donors (Lipinski definition) is 1. The maximum Gasteiger partial charge on any atom is 0.353 e. The van der Waals surface area contributed by atoms with Gasteiger partial charge in [-0.3, -0.25) is 0 Å². The molecule has 0 saturated heterocycles. The van der Waals surface area contributed by atoms with E-state index in [-0.39, 0.29) is 0 Å². The van der Waals surface area contributed by atoms with E-state index in [1.165, 1.54) is 13.8 Å². The lowest BCUT2D eigenvalue weighted by atomic mass is 10.2. The summed E-state index contributed by atoms with van der Waals surface area (Å²) in [5.41, 5.74) is -0.675. The molecule has 0 aromatic rings. The second-order valence-corrected chi connectivity index (χ2v) is 4.78. The van der Waals surface area contributed by atoms with Gasteiger partial charge in [0.1, 0.15) is 5.57 Å². The van der Waals surface area contributed by atoms with Crippen LogP contribution in [0.1, 0.15) is 13.8 Å². The Labute approximate surface area is 91.5 Å². The Kier molecular flexibility index (Phi) is 3.13. The molecule has 1 rings (SSSR count). The Morgan fingerprint density at radius 2 is 2.00 bits per heavy atom. The summed E-state index contributed by atoms with van der Waals surface area (Å²) >= 11 is 0. The first-order chi connectivity index (χ1) is 7.25. The van der Waals surface area contributed by atoms with Crippen LogP contribution in [0.5, 0.6) is 0 Å². The first-order valence-electron chi connectivity index (χ1n) is 4.24. The van der Waals surface area contributed by atoms with Crippen LogP contribution < -0.4 is 0 Å². The fraction of sp³-hybridized carbons (Fsp3) is 0.375. The van der Waals surface area contributed by atoms with E-state index in [0.717, 1.165) is 0 Å². The van der Waals surface area contributed by atoms with E-state index in [9.17, 15) is 18.0 Å². The monoisotopic (exact) mass is 247 g/mol. The smallest absolute Gasteiger partial charge is 0.353 e. The highest BCUT2D eigenvalue weighted by molar-refractivity contribution is 7.95. The third-order valence-corrected chi connectivity index (χ3v) is 2.87. The van der Waals surface area contributed by atoms with Crippen LogP contribution in [-0.2, 0) is 24.3 Å².